The highest BCUT2D eigenvalue weighted by Crippen LogP contribution is 2.41. The highest BCUT2D eigenvalue weighted by molar-refractivity contribution is 7.98. The predicted molar refractivity (Wildman–Crippen MR) is 123 cm³/mol. The Hall–Kier alpha value is -3.66. The average molecular weight is 447 g/mol. The lowest BCUT2D eigenvalue weighted by Gasteiger charge is -2.11. The highest BCUT2D eigenvalue weighted by atomic mass is 32.2. The van der Waals surface area contributed by atoms with Crippen LogP contribution in [0.5, 0.6) is 5.75 Å². The van der Waals surface area contributed by atoms with Crippen molar-refractivity contribution in [2.75, 3.05) is 18.2 Å². The van der Waals surface area contributed by atoms with Crippen LogP contribution in [0, 0.1) is 0 Å². The van der Waals surface area contributed by atoms with Crippen molar-refractivity contribution in [3.8, 4) is 11.4 Å². The molecule has 2 heterocycles. The summed E-state index contributed by atoms with van der Waals surface area (Å²) in [4.78, 5) is 13.0. The van der Waals surface area contributed by atoms with Crippen molar-refractivity contribution in [1.82, 2.24) is 29.7 Å². The third-order valence-electron chi connectivity index (χ3n) is 5.00. The zero-order chi connectivity index (χ0) is 21.9. The van der Waals surface area contributed by atoms with E-state index in [0.29, 0.717) is 29.2 Å². The summed E-state index contributed by atoms with van der Waals surface area (Å²) in [5, 5.41) is 12.9. The number of nitrogens with two attached hydrogens (primary N) is 1. The fraction of sp³-hybridized carbons (Fsp3) is 0.227. The molecule has 2 aromatic carbocycles. The van der Waals surface area contributed by atoms with E-state index in [0.717, 1.165) is 35.2 Å². The van der Waals surface area contributed by atoms with Crippen molar-refractivity contribution in [2.24, 2.45) is 0 Å². The van der Waals surface area contributed by atoms with Gasteiger partial charge in [-0.3, -0.25) is 4.57 Å². The van der Waals surface area contributed by atoms with Crippen molar-refractivity contribution in [2.45, 2.75) is 29.7 Å². The Balaban J connectivity index is 1.38. The molecule has 0 atom stereocenters. The Morgan fingerprint density at radius 2 is 1.81 bits per heavy atom. The molecule has 0 amide bonds. The van der Waals surface area contributed by atoms with Gasteiger partial charge in [-0.15, -0.1) is 10.2 Å². The SMILES string of the molecule is COc1ccccc1Nc1nc(N)nc(CSc2nnc(C3CC3)n2-c2ccccc2)n1. The number of aromatic nitrogens is 6. The van der Waals surface area contributed by atoms with Crippen LogP contribution < -0.4 is 15.8 Å². The second-order valence-corrected chi connectivity index (χ2v) is 8.28. The van der Waals surface area contributed by atoms with E-state index in [1.807, 2.05) is 42.5 Å². The quantitative estimate of drug-likeness (QED) is 0.388. The monoisotopic (exact) mass is 446 g/mol. The van der Waals surface area contributed by atoms with Crippen molar-refractivity contribution < 1.29 is 4.74 Å². The molecular weight excluding hydrogens is 424 g/mol. The molecule has 4 aromatic rings. The lowest BCUT2D eigenvalue weighted by Crippen LogP contribution is -2.07. The number of nitrogens with one attached hydrogen (secondary N) is 1. The molecule has 9 nitrogen and oxygen atoms in total. The molecule has 162 valence electrons. The summed E-state index contributed by atoms with van der Waals surface area (Å²) in [5.41, 5.74) is 7.75. The summed E-state index contributed by atoms with van der Waals surface area (Å²) in [6.45, 7) is 0. The number of hydrogen-bond donors (Lipinski definition) is 2. The van der Waals surface area contributed by atoms with Gasteiger partial charge < -0.3 is 15.8 Å². The summed E-state index contributed by atoms with van der Waals surface area (Å²) < 4.78 is 7.50. The summed E-state index contributed by atoms with van der Waals surface area (Å²) in [5.74, 6) is 3.70. The number of hydrogen-bond acceptors (Lipinski definition) is 9. The molecule has 0 unspecified atom stereocenters. The molecule has 0 saturated heterocycles. The minimum absolute atomic E-state index is 0.149. The molecule has 1 fully saturated rings. The molecule has 2 aromatic heterocycles. The molecule has 1 saturated carbocycles. The Morgan fingerprint density at radius 1 is 1.03 bits per heavy atom. The van der Waals surface area contributed by atoms with E-state index in [1.54, 1.807) is 7.11 Å². The zero-order valence-electron chi connectivity index (χ0n) is 17.5. The number of methoxy groups -OCH3 is 1. The van der Waals surface area contributed by atoms with Gasteiger partial charge in [0.05, 0.1) is 18.6 Å². The van der Waals surface area contributed by atoms with E-state index in [-0.39, 0.29) is 5.95 Å². The van der Waals surface area contributed by atoms with Crippen LogP contribution in [0.15, 0.2) is 59.8 Å². The third-order valence-corrected chi connectivity index (χ3v) is 5.92. The van der Waals surface area contributed by atoms with Crippen LogP contribution in [0.1, 0.15) is 30.4 Å². The molecule has 1 aliphatic carbocycles. The van der Waals surface area contributed by atoms with Crippen LogP contribution in [0.2, 0.25) is 0 Å². The largest absolute Gasteiger partial charge is 0.495 e. The maximum Gasteiger partial charge on any atom is 0.232 e. The van der Waals surface area contributed by atoms with Crippen LogP contribution in [0.4, 0.5) is 17.6 Å². The molecule has 0 spiro atoms. The topological polar surface area (TPSA) is 117 Å². The fourth-order valence-corrected chi connectivity index (χ4v) is 4.17. The Morgan fingerprint density at radius 3 is 2.59 bits per heavy atom. The molecule has 5 rings (SSSR count). The molecule has 1 aliphatic rings. The summed E-state index contributed by atoms with van der Waals surface area (Å²) in [6.07, 6.45) is 2.30. The van der Waals surface area contributed by atoms with E-state index < -0.39 is 0 Å². The van der Waals surface area contributed by atoms with Gasteiger partial charge in [0.25, 0.3) is 0 Å². The number of anilines is 3. The highest BCUT2D eigenvalue weighted by Gasteiger charge is 2.31. The zero-order valence-corrected chi connectivity index (χ0v) is 18.3. The first-order chi connectivity index (χ1) is 15.7. The normalized spacial score (nSPS) is 13.2. The van der Waals surface area contributed by atoms with E-state index in [1.165, 1.54) is 11.8 Å². The molecule has 0 aliphatic heterocycles. The number of thioether (sulfide) groups is 1. The molecule has 3 N–H and O–H groups in total. The summed E-state index contributed by atoms with van der Waals surface area (Å²) in [7, 11) is 1.61. The number of nitrogens with zero attached hydrogens (tertiary/aromatic N) is 6. The lowest BCUT2D eigenvalue weighted by molar-refractivity contribution is 0.417. The van der Waals surface area contributed by atoms with E-state index in [9.17, 15) is 0 Å². The number of nitrogen functional groups attached to an aromatic ring is 1. The Kier molecular flexibility index (Phi) is 5.59. The van der Waals surface area contributed by atoms with Crippen molar-refractivity contribution >= 4 is 29.3 Å². The molecular formula is C22H22N8OS. The van der Waals surface area contributed by atoms with Crippen molar-refractivity contribution in [3.63, 3.8) is 0 Å². The second kappa shape index (κ2) is 8.83. The molecule has 32 heavy (non-hydrogen) atoms. The van der Waals surface area contributed by atoms with Crippen LogP contribution in [-0.2, 0) is 5.75 Å². The van der Waals surface area contributed by atoms with Crippen LogP contribution in [-0.4, -0.2) is 36.8 Å². The first-order valence-electron chi connectivity index (χ1n) is 10.3. The maximum absolute atomic E-state index is 5.95. The van der Waals surface area contributed by atoms with Gasteiger partial charge in [0.2, 0.25) is 11.9 Å². The standard InChI is InChI=1S/C22H22N8OS/c1-31-17-10-6-5-9-16(17)24-21-26-18(25-20(23)27-21)13-32-22-29-28-19(14-11-12-14)30(22)15-7-3-2-4-8-15/h2-10,14H,11-13H2,1H3,(H3,23,24,25,26,27). The van der Waals surface area contributed by atoms with E-state index >= 15 is 0 Å². The van der Waals surface area contributed by atoms with Gasteiger partial charge in [0.15, 0.2) is 5.16 Å². The summed E-state index contributed by atoms with van der Waals surface area (Å²) >= 11 is 1.52. The Bertz CT molecular complexity index is 1230. The average Bonchev–Trinajstić information content (AvgIpc) is 3.57. The summed E-state index contributed by atoms with van der Waals surface area (Å²) in [6, 6.07) is 17.7. The molecule has 0 bridgehead atoms. The number of ether oxygens (including phenoxy) is 1. The lowest BCUT2D eigenvalue weighted by atomic mass is 10.3. The smallest absolute Gasteiger partial charge is 0.232 e. The van der Waals surface area contributed by atoms with Crippen molar-refractivity contribution in [3.05, 3.63) is 66.2 Å². The van der Waals surface area contributed by atoms with Gasteiger partial charge in [-0.1, -0.05) is 42.1 Å². The van der Waals surface area contributed by atoms with Gasteiger partial charge in [-0.05, 0) is 37.1 Å². The van der Waals surface area contributed by atoms with Gasteiger partial charge in [-0.2, -0.15) is 15.0 Å². The number of benzene rings is 2. The second-order valence-electron chi connectivity index (χ2n) is 7.33. The third kappa shape index (κ3) is 4.35. The van der Waals surface area contributed by atoms with E-state index in [4.69, 9.17) is 10.5 Å². The van der Waals surface area contributed by atoms with Gasteiger partial charge >= 0.3 is 0 Å². The van der Waals surface area contributed by atoms with E-state index in [2.05, 4.69) is 47.2 Å². The van der Waals surface area contributed by atoms with Gasteiger partial charge in [0, 0.05) is 11.6 Å². The molecule has 0 radical (unpaired) electrons. The minimum atomic E-state index is 0.149. The van der Waals surface area contributed by atoms with Gasteiger partial charge in [-0.25, -0.2) is 0 Å². The first kappa shape index (κ1) is 20.3. The Labute approximate surface area is 189 Å². The first-order valence-corrected chi connectivity index (χ1v) is 11.2. The van der Waals surface area contributed by atoms with Gasteiger partial charge in [0.1, 0.15) is 17.4 Å². The van der Waals surface area contributed by atoms with Crippen LogP contribution in [0.3, 0.4) is 0 Å². The predicted octanol–water partition coefficient (Wildman–Crippen LogP) is 3.96. The molecule has 10 heteroatoms. The minimum Gasteiger partial charge on any atom is -0.495 e. The fourth-order valence-electron chi connectivity index (χ4n) is 3.36. The number of para-hydroxylation sites is 3. The maximum atomic E-state index is 5.95. The number of rotatable bonds is 8. The van der Waals surface area contributed by atoms with Crippen LogP contribution in [0.25, 0.3) is 5.69 Å². The van der Waals surface area contributed by atoms with Crippen LogP contribution >= 0.6 is 11.8 Å². The van der Waals surface area contributed by atoms with Crippen molar-refractivity contribution in [1.29, 1.82) is 0 Å².